The van der Waals surface area contributed by atoms with Gasteiger partial charge in [0.2, 0.25) is 23.6 Å². The highest BCUT2D eigenvalue weighted by atomic mass is 16.3. The van der Waals surface area contributed by atoms with Crippen LogP contribution in [0.15, 0.2) is 59.7 Å². The number of phenolic OH excluding ortho intramolecular Hbond substituents is 1. The fraction of sp³-hybridized carbons (Fsp3) is 0.360. The van der Waals surface area contributed by atoms with Gasteiger partial charge in [0.05, 0.1) is 0 Å². The number of nitrogens with two attached hydrogens (primary N) is 1. The summed E-state index contributed by atoms with van der Waals surface area (Å²) < 4.78 is 0. The second kappa shape index (κ2) is 15.4. The van der Waals surface area contributed by atoms with Gasteiger partial charge in [-0.25, -0.2) is 0 Å². The zero-order valence-corrected chi connectivity index (χ0v) is 20.3. The van der Waals surface area contributed by atoms with Crippen LogP contribution in [0.1, 0.15) is 30.4 Å². The number of rotatable bonds is 15. The molecule has 0 saturated carbocycles. The summed E-state index contributed by atoms with van der Waals surface area (Å²) in [7, 11) is 0. The predicted molar refractivity (Wildman–Crippen MR) is 136 cm³/mol. The predicted octanol–water partition coefficient (Wildman–Crippen LogP) is 1.23. The maximum absolute atomic E-state index is 13.3. The van der Waals surface area contributed by atoms with E-state index in [0.29, 0.717) is 12.0 Å². The molecule has 12 nitrogen and oxygen atoms in total. The summed E-state index contributed by atoms with van der Waals surface area (Å²) in [4.78, 5) is 52.4. The molecule has 196 valence electrons. The number of carbonyl (C=O) groups is 4. The minimum atomic E-state index is -1.01. The van der Waals surface area contributed by atoms with Crippen molar-refractivity contribution in [3.8, 4) is 5.75 Å². The third-order valence-electron chi connectivity index (χ3n) is 5.34. The van der Waals surface area contributed by atoms with Gasteiger partial charge in [-0.3, -0.25) is 19.2 Å². The van der Waals surface area contributed by atoms with E-state index >= 15 is 0 Å². The average Bonchev–Trinajstić information content (AvgIpc) is 2.88. The van der Waals surface area contributed by atoms with E-state index in [-0.39, 0.29) is 44.5 Å². The first-order valence-corrected chi connectivity index (χ1v) is 11.8. The standard InChI is InChI=1S/C25H31N7O5/c26-22(34)11-12-23(35)30-21(15-17-5-2-1-3-6-17)25(37)31-20(16-18-7-9-19(33)10-8-18)24(36)28-13-4-14-29-32-27/h1-3,5-10,20-21,33H,4,11-16H2,(H2,26,34)(H,28,36)(H,30,35)(H,31,37)/t20-,21-/m0/s1. The largest absolute Gasteiger partial charge is 0.508 e. The monoisotopic (exact) mass is 509 g/mol. The summed E-state index contributed by atoms with van der Waals surface area (Å²) in [5.41, 5.74) is 15.0. The van der Waals surface area contributed by atoms with Crippen molar-refractivity contribution in [3.05, 3.63) is 76.2 Å². The van der Waals surface area contributed by atoms with Crippen molar-refractivity contribution in [2.45, 2.75) is 44.2 Å². The lowest BCUT2D eigenvalue weighted by Crippen LogP contribution is -2.55. The van der Waals surface area contributed by atoms with E-state index in [2.05, 4.69) is 26.0 Å². The lowest BCUT2D eigenvalue weighted by atomic mass is 10.0. The summed E-state index contributed by atoms with van der Waals surface area (Å²) >= 11 is 0. The maximum atomic E-state index is 13.3. The van der Waals surface area contributed by atoms with Crippen molar-refractivity contribution >= 4 is 23.6 Å². The molecule has 0 fully saturated rings. The molecule has 0 unspecified atom stereocenters. The van der Waals surface area contributed by atoms with E-state index in [0.717, 1.165) is 5.56 Å². The van der Waals surface area contributed by atoms with Crippen LogP contribution in [0.4, 0.5) is 0 Å². The summed E-state index contributed by atoms with van der Waals surface area (Å²) in [5.74, 6) is -2.13. The number of hydrogen-bond donors (Lipinski definition) is 5. The van der Waals surface area contributed by atoms with Crippen LogP contribution in [0.5, 0.6) is 5.75 Å². The van der Waals surface area contributed by atoms with Gasteiger partial charge in [-0.2, -0.15) is 0 Å². The van der Waals surface area contributed by atoms with Gasteiger partial charge in [0, 0.05) is 43.7 Å². The molecule has 0 aliphatic carbocycles. The van der Waals surface area contributed by atoms with Crippen LogP contribution in [-0.4, -0.2) is 53.9 Å². The van der Waals surface area contributed by atoms with Gasteiger partial charge in [0.15, 0.2) is 0 Å². The molecule has 12 heteroatoms. The van der Waals surface area contributed by atoms with Gasteiger partial charge in [0.25, 0.3) is 0 Å². The molecular formula is C25H31N7O5. The Bertz CT molecular complexity index is 1100. The van der Waals surface area contributed by atoms with Crippen molar-refractivity contribution in [1.82, 2.24) is 16.0 Å². The molecule has 0 aliphatic heterocycles. The molecule has 2 atom stereocenters. The van der Waals surface area contributed by atoms with E-state index in [4.69, 9.17) is 11.3 Å². The number of benzene rings is 2. The minimum absolute atomic E-state index is 0.0634. The Morgan fingerprint density at radius 3 is 2.14 bits per heavy atom. The van der Waals surface area contributed by atoms with Crippen LogP contribution in [0.2, 0.25) is 0 Å². The van der Waals surface area contributed by atoms with Gasteiger partial charge >= 0.3 is 0 Å². The van der Waals surface area contributed by atoms with E-state index in [9.17, 15) is 24.3 Å². The molecule has 6 N–H and O–H groups in total. The number of hydrogen-bond acceptors (Lipinski definition) is 6. The molecule has 2 aromatic carbocycles. The van der Waals surface area contributed by atoms with Crippen molar-refractivity contribution in [3.63, 3.8) is 0 Å². The molecule has 0 aliphatic rings. The van der Waals surface area contributed by atoms with Crippen LogP contribution in [0.25, 0.3) is 10.4 Å². The molecule has 2 rings (SSSR count). The Morgan fingerprint density at radius 1 is 0.892 bits per heavy atom. The normalized spacial score (nSPS) is 11.9. The van der Waals surface area contributed by atoms with Crippen LogP contribution in [-0.2, 0) is 32.0 Å². The first-order valence-electron chi connectivity index (χ1n) is 11.8. The highest BCUT2D eigenvalue weighted by Gasteiger charge is 2.27. The summed E-state index contributed by atoms with van der Waals surface area (Å²) in [6, 6.07) is 13.3. The topological polar surface area (TPSA) is 199 Å². The van der Waals surface area contributed by atoms with Crippen LogP contribution in [0.3, 0.4) is 0 Å². The van der Waals surface area contributed by atoms with Gasteiger partial charge in [0.1, 0.15) is 17.8 Å². The molecule has 0 radical (unpaired) electrons. The number of primary amides is 1. The Labute approximate surface area is 214 Å². The van der Waals surface area contributed by atoms with Crippen LogP contribution in [0, 0.1) is 0 Å². The highest BCUT2D eigenvalue weighted by Crippen LogP contribution is 2.12. The highest BCUT2D eigenvalue weighted by molar-refractivity contribution is 5.93. The smallest absolute Gasteiger partial charge is 0.243 e. The number of nitrogens with zero attached hydrogens (tertiary/aromatic N) is 3. The molecule has 0 saturated heterocycles. The molecule has 37 heavy (non-hydrogen) atoms. The number of phenols is 1. The first-order chi connectivity index (χ1) is 17.8. The second-order valence-corrected chi connectivity index (χ2v) is 8.31. The third-order valence-corrected chi connectivity index (χ3v) is 5.34. The zero-order chi connectivity index (χ0) is 27.0. The fourth-order valence-electron chi connectivity index (χ4n) is 3.44. The molecule has 0 bridgehead atoms. The van der Waals surface area contributed by atoms with E-state index in [1.165, 1.54) is 12.1 Å². The quantitative estimate of drug-likeness (QED) is 0.104. The van der Waals surface area contributed by atoms with Crippen LogP contribution < -0.4 is 21.7 Å². The zero-order valence-electron chi connectivity index (χ0n) is 20.3. The lowest BCUT2D eigenvalue weighted by molar-refractivity contribution is -0.132. The van der Waals surface area contributed by atoms with Crippen molar-refractivity contribution in [1.29, 1.82) is 0 Å². The lowest BCUT2D eigenvalue weighted by Gasteiger charge is -2.23. The first kappa shape index (κ1) is 28.7. The molecule has 0 heterocycles. The third kappa shape index (κ3) is 11.1. The Balaban J connectivity index is 2.18. The maximum Gasteiger partial charge on any atom is 0.243 e. The van der Waals surface area contributed by atoms with Gasteiger partial charge in [-0.1, -0.05) is 47.6 Å². The fourth-order valence-corrected chi connectivity index (χ4v) is 3.44. The number of nitrogens with one attached hydrogen (secondary N) is 3. The summed E-state index contributed by atoms with van der Waals surface area (Å²) in [6.07, 6.45) is 0.378. The number of azide groups is 1. The molecule has 0 aromatic heterocycles. The Morgan fingerprint density at radius 2 is 1.51 bits per heavy atom. The number of amides is 4. The molecular weight excluding hydrogens is 478 g/mol. The van der Waals surface area contributed by atoms with Gasteiger partial charge in [-0.05, 0) is 35.2 Å². The second-order valence-electron chi connectivity index (χ2n) is 8.31. The minimum Gasteiger partial charge on any atom is -0.508 e. The molecule has 0 spiro atoms. The summed E-state index contributed by atoms with van der Waals surface area (Å²) in [6.45, 7) is 0.444. The van der Waals surface area contributed by atoms with E-state index in [1.807, 2.05) is 6.07 Å². The van der Waals surface area contributed by atoms with E-state index < -0.39 is 35.7 Å². The summed E-state index contributed by atoms with van der Waals surface area (Å²) in [5, 5.41) is 21.0. The van der Waals surface area contributed by atoms with Crippen LogP contribution >= 0.6 is 0 Å². The Hall–Kier alpha value is -4.57. The van der Waals surface area contributed by atoms with Crippen molar-refractivity contribution in [2.24, 2.45) is 10.8 Å². The Kier molecular flexibility index (Phi) is 12.0. The van der Waals surface area contributed by atoms with Crippen molar-refractivity contribution in [2.75, 3.05) is 13.1 Å². The van der Waals surface area contributed by atoms with E-state index in [1.54, 1.807) is 36.4 Å². The molecule has 4 amide bonds. The van der Waals surface area contributed by atoms with Crippen molar-refractivity contribution < 1.29 is 24.3 Å². The molecule has 2 aromatic rings. The van der Waals surface area contributed by atoms with Gasteiger partial charge < -0.3 is 26.8 Å². The SMILES string of the molecule is [N-]=[N+]=NCCCNC(=O)[C@H](Cc1ccc(O)cc1)NC(=O)[C@H](Cc1ccccc1)NC(=O)CCC(N)=O. The van der Waals surface area contributed by atoms with Gasteiger partial charge in [-0.15, -0.1) is 0 Å². The number of aromatic hydroxyl groups is 1. The number of carbonyl (C=O) groups excluding carboxylic acids is 4. The average molecular weight is 510 g/mol.